The summed E-state index contributed by atoms with van der Waals surface area (Å²) in [7, 11) is 0. The Hall–Kier alpha value is -0.650. The van der Waals surface area contributed by atoms with Gasteiger partial charge in [-0.1, -0.05) is 41.5 Å². The third-order valence-corrected chi connectivity index (χ3v) is 3.63. The van der Waals surface area contributed by atoms with Crippen LogP contribution < -0.4 is 0 Å². The van der Waals surface area contributed by atoms with E-state index in [0.29, 0.717) is 19.6 Å². The van der Waals surface area contributed by atoms with Crippen molar-refractivity contribution < 1.29 is 24.5 Å². The van der Waals surface area contributed by atoms with Gasteiger partial charge in [-0.25, -0.2) is 0 Å². The van der Waals surface area contributed by atoms with Gasteiger partial charge in [-0.3, -0.25) is 4.79 Å². The summed E-state index contributed by atoms with van der Waals surface area (Å²) >= 11 is 0. The highest BCUT2D eigenvalue weighted by molar-refractivity contribution is 5.76. The van der Waals surface area contributed by atoms with Crippen molar-refractivity contribution in [3.05, 3.63) is 0 Å². The van der Waals surface area contributed by atoms with Crippen molar-refractivity contribution in [2.45, 2.75) is 48.0 Å². The van der Waals surface area contributed by atoms with Gasteiger partial charge in [0, 0.05) is 0 Å². The van der Waals surface area contributed by atoms with Gasteiger partial charge in [0.05, 0.1) is 38.4 Å². The van der Waals surface area contributed by atoms with E-state index in [1.54, 1.807) is 0 Å². The number of aliphatic carboxylic acids is 1. The summed E-state index contributed by atoms with van der Waals surface area (Å²) < 4.78 is 10.7. The topological polar surface area (TPSA) is 76.0 Å². The first-order valence-corrected chi connectivity index (χ1v) is 7.46. The molecular weight excluding hydrogens is 272 g/mol. The summed E-state index contributed by atoms with van der Waals surface area (Å²) in [6.45, 7) is 13.0. The van der Waals surface area contributed by atoms with Crippen molar-refractivity contribution in [3.63, 3.8) is 0 Å². The Morgan fingerprint density at radius 2 is 1.48 bits per heavy atom. The first-order chi connectivity index (χ1) is 9.46. The minimum absolute atomic E-state index is 0.0227. The van der Waals surface area contributed by atoms with Gasteiger partial charge in [0.2, 0.25) is 0 Å². The molecule has 0 radical (unpaired) electrons. The molecule has 0 aliphatic heterocycles. The van der Waals surface area contributed by atoms with Crippen LogP contribution in [0.15, 0.2) is 0 Å². The van der Waals surface area contributed by atoms with Crippen LogP contribution in [-0.2, 0) is 14.3 Å². The minimum Gasteiger partial charge on any atom is -0.481 e. The molecule has 21 heavy (non-hydrogen) atoms. The van der Waals surface area contributed by atoms with E-state index < -0.39 is 16.8 Å². The van der Waals surface area contributed by atoms with Crippen LogP contribution in [0.25, 0.3) is 0 Å². The summed E-state index contributed by atoms with van der Waals surface area (Å²) in [4.78, 5) is 12.0. The van der Waals surface area contributed by atoms with Gasteiger partial charge >= 0.3 is 5.97 Å². The van der Waals surface area contributed by atoms with E-state index in [4.69, 9.17) is 14.6 Å². The Bertz CT molecular complexity index is 314. The lowest BCUT2D eigenvalue weighted by Gasteiger charge is -2.44. The molecule has 0 rings (SSSR count). The fraction of sp³-hybridized carbons (Fsp3) is 0.938. The van der Waals surface area contributed by atoms with Crippen molar-refractivity contribution in [1.29, 1.82) is 0 Å². The molecule has 0 aromatic carbocycles. The minimum atomic E-state index is -0.942. The van der Waals surface area contributed by atoms with Crippen LogP contribution >= 0.6 is 0 Å². The number of aliphatic hydroxyl groups excluding tert-OH is 1. The zero-order valence-corrected chi connectivity index (χ0v) is 14.4. The highest BCUT2D eigenvalue weighted by atomic mass is 16.5. The normalized spacial score (nSPS) is 15.8. The number of carboxylic acids is 1. The van der Waals surface area contributed by atoms with E-state index in [9.17, 15) is 9.90 Å². The van der Waals surface area contributed by atoms with E-state index in [-0.39, 0.29) is 25.2 Å². The van der Waals surface area contributed by atoms with Crippen LogP contribution in [0, 0.1) is 16.2 Å². The summed E-state index contributed by atoms with van der Waals surface area (Å²) in [6.07, 6.45) is 0.538. The fourth-order valence-corrected chi connectivity index (χ4v) is 2.43. The summed E-state index contributed by atoms with van der Waals surface area (Å²) in [5.41, 5.74) is -1.47. The third-order valence-electron chi connectivity index (χ3n) is 3.63. The average Bonchev–Trinajstić information content (AvgIpc) is 2.28. The largest absolute Gasteiger partial charge is 0.481 e. The van der Waals surface area contributed by atoms with Crippen LogP contribution in [0.1, 0.15) is 48.0 Å². The van der Waals surface area contributed by atoms with Crippen molar-refractivity contribution in [3.8, 4) is 0 Å². The molecule has 0 amide bonds. The van der Waals surface area contributed by atoms with E-state index >= 15 is 0 Å². The van der Waals surface area contributed by atoms with Gasteiger partial charge in [0.15, 0.2) is 0 Å². The molecule has 0 bridgehead atoms. The van der Waals surface area contributed by atoms with Gasteiger partial charge in [0.25, 0.3) is 0 Å². The lowest BCUT2D eigenvalue weighted by Crippen LogP contribution is -2.49. The molecule has 0 fully saturated rings. The van der Waals surface area contributed by atoms with Crippen LogP contribution in [0.2, 0.25) is 0 Å². The van der Waals surface area contributed by atoms with Gasteiger partial charge in [0.1, 0.15) is 0 Å². The predicted molar refractivity (Wildman–Crippen MR) is 82.3 cm³/mol. The number of carbonyl (C=O) groups is 1. The van der Waals surface area contributed by atoms with Gasteiger partial charge < -0.3 is 19.7 Å². The van der Waals surface area contributed by atoms with Crippen LogP contribution in [0.5, 0.6) is 0 Å². The second-order valence-electron chi connectivity index (χ2n) is 7.76. The lowest BCUT2D eigenvalue weighted by atomic mass is 9.60. The number of aliphatic hydroxyl groups is 1. The second kappa shape index (κ2) is 8.11. The number of hydrogen-bond acceptors (Lipinski definition) is 4. The molecule has 0 heterocycles. The van der Waals surface area contributed by atoms with Crippen molar-refractivity contribution in [1.82, 2.24) is 0 Å². The van der Waals surface area contributed by atoms with Crippen LogP contribution in [0.4, 0.5) is 0 Å². The molecule has 126 valence electrons. The van der Waals surface area contributed by atoms with Crippen molar-refractivity contribution in [2.75, 3.05) is 33.0 Å². The Balaban J connectivity index is 4.84. The maximum Gasteiger partial charge on any atom is 0.312 e. The molecular formula is C16H32O5. The van der Waals surface area contributed by atoms with E-state index in [1.165, 1.54) is 0 Å². The third kappa shape index (κ3) is 6.76. The van der Waals surface area contributed by atoms with E-state index in [2.05, 4.69) is 0 Å². The van der Waals surface area contributed by atoms with Crippen LogP contribution in [0.3, 0.4) is 0 Å². The molecule has 0 saturated carbocycles. The van der Waals surface area contributed by atoms with Gasteiger partial charge in [-0.05, 0) is 17.3 Å². The average molecular weight is 304 g/mol. The van der Waals surface area contributed by atoms with Crippen molar-refractivity contribution in [2.24, 2.45) is 16.2 Å². The molecule has 0 aliphatic carbocycles. The number of carboxylic acid groups (broad SMARTS) is 1. The Morgan fingerprint density at radius 3 is 1.86 bits per heavy atom. The number of ether oxygens (including phenoxy) is 2. The fourth-order valence-electron chi connectivity index (χ4n) is 2.43. The quantitative estimate of drug-likeness (QED) is 0.640. The highest BCUT2D eigenvalue weighted by Crippen LogP contribution is 2.47. The molecule has 0 aromatic heterocycles. The maximum atomic E-state index is 12.0. The molecule has 5 nitrogen and oxygen atoms in total. The molecule has 5 heteroatoms. The summed E-state index contributed by atoms with van der Waals surface area (Å²) in [6, 6.07) is 0. The van der Waals surface area contributed by atoms with E-state index in [1.807, 2.05) is 41.5 Å². The smallest absolute Gasteiger partial charge is 0.312 e. The molecule has 2 N–H and O–H groups in total. The monoisotopic (exact) mass is 304 g/mol. The summed E-state index contributed by atoms with van der Waals surface area (Å²) in [5.74, 6) is -0.818. The number of rotatable bonds is 9. The highest BCUT2D eigenvalue weighted by Gasteiger charge is 2.50. The zero-order valence-electron chi connectivity index (χ0n) is 14.4. The molecule has 1 atom stereocenters. The Morgan fingerprint density at radius 1 is 0.952 bits per heavy atom. The molecule has 1 unspecified atom stereocenters. The molecule has 0 aromatic rings. The van der Waals surface area contributed by atoms with Crippen molar-refractivity contribution >= 4 is 5.97 Å². The lowest BCUT2D eigenvalue weighted by molar-refractivity contribution is -0.167. The van der Waals surface area contributed by atoms with Gasteiger partial charge in [-0.2, -0.15) is 0 Å². The zero-order chi connectivity index (χ0) is 16.7. The number of hydrogen-bond donors (Lipinski definition) is 2. The Kier molecular flexibility index (Phi) is 7.86. The molecule has 0 saturated heterocycles. The van der Waals surface area contributed by atoms with Crippen LogP contribution in [-0.4, -0.2) is 49.2 Å². The SMILES string of the molecule is CC(C)(C)CC(COCCOCCO)(C(=O)O)C(C)(C)C. The predicted octanol–water partition coefficient (Wildman–Crippen LogP) is 2.57. The Labute approximate surface area is 128 Å². The van der Waals surface area contributed by atoms with E-state index in [0.717, 1.165) is 0 Å². The summed E-state index contributed by atoms with van der Waals surface area (Å²) in [5, 5.41) is 18.4. The standard InChI is InChI=1S/C16H32O5/c1-14(2,3)11-16(13(18)19,15(4,5)6)12-21-10-9-20-8-7-17/h17H,7-12H2,1-6H3,(H,18,19). The molecule has 0 aliphatic rings. The van der Waals surface area contributed by atoms with Gasteiger partial charge in [-0.15, -0.1) is 0 Å². The molecule has 0 spiro atoms. The maximum absolute atomic E-state index is 12.0. The second-order valence-corrected chi connectivity index (χ2v) is 7.76. The first-order valence-electron chi connectivity index (χ1n) is 7.46. The first kappa shape index (κ1) is 20.3.